The molecule has 0 atom stereocenters. The van der Waals surface area contributed by atoms with Gasteiger partial charge in [-0.05, 0) is 42.0 Å². The number of aromatic hydroxyl groups is 1. The number of carbonyl (C=O) groups excluding carboxylic acids is 1. The average molecular weight is 617 g/mol. The Bertz CT molecular complexity index is 1400. The Morgan fingerprint density at radius 1 is 0.881 bits per heavy atom. The van der Waals surface area contributed by atoms with Gasteiger partial charge < -0.3 is 24.1 Å². The lowest BCUT2D eigenvalue weighted by Gasteiger charge is -2.21. The van der Waals surface area contributed by atoms with Gasteiger partial charge in [0.25, 0.3) is 0 Å². The molecule has 0 unspecified atom stereocenters. The summed E-state index contributed by atoms with van der Waals surface area (Å²) in [4.78, 5) is 23.4. The first kappa shape index (κ1) is 31.2. The minimum absolute atomic E-state index is 0.0367. The number of phenols is 1. The number of phenolic OH excluding ortho intramolecular Hbond substituents is 1. The van der Waals surface area contributed by atoms with Crippen LogP contribution < -0.4 is 4.74 Å². The average Bonchev–Trinajstić information content (AvgIpc) is 3.50. The van der Waals surface area contributed by atoms with Gasteiger partial charge in [0.2, 0.25) is 5.82 Å². The lowest BCUT2D eigenvalue weighted by molar-refractivity contribution is -0.143. The number of carbonyl (C=O) groups is 1. The molecule has 0 saturated carbocycles. The fraction of sp³-hybridized carbons (Fsp3) is 0.276. The molecular formula is C29H30Cl2N4O7. The van der Waals surface area contributed by atoms with E-state index in [2.05, 4.69) is 10.1 Å². The predicted octanol–water partition coefficient (Wildman–Crippen LogP) is 5.33. The van der Waals surface area contributed by atoms with Crippen molar-refractivity contribution in [1.29, 1.82) is 0 Å². The molecule has 0 saturated heterocycles. The van der Waals surface area contributed by atoms with E-state index >= 15 is 0 Å². The molecule has 0 spiro atoms. The van der Waals surface area contributed by atoms with Gasteiger partial charge in [-0.25, -0.2) is 14.7 Å². The second-order valence-corrected chi connectivity index (χ2v) is 9.54. The van der Waals surface area contributed by atoms with Crippen molar-refractivity contribution < 1.29 is 33.7 Å². The van der Waals surface area contributed by atoms with E-state index in [4.69, 9.17) is 47.0 Å². The quantitative estimate of drug-likeness (QED) is 0.132. The largest absolute Gasteiger partial charge is 0.505 e. The Balaban J connectivity index is 1.42. The van der Waals surface area contributed by atoms with E-state index in [1.807, 2.05) is 54.6 Å². The molecule has 1 N–H and O–H groups in total. The number of halogens is 2. The summed E-state index contributed by atoms with van der Waals surface area (Å²) in [5.41, 5.74) is 1.20. The van der Waals surface area contributed by atoms with E-state index in [0.29, 0.717) is 43.6 Å². The molecular weight excluding hydrogens is 587 g/mol. The van der Waals surface area contributed by atoms with Gasteiger partial charge in [-0.1, -0.05) is 53.5 Å². The molecule has 0 aliphatic heterocycles. The van der Waals surface area contributed by atoms with E-state index in [9.17, 15) is 9.90 Å². The number of hydroxylamine groups is 2. The molecule has 13 heteroatoms. The van der Waals surface area contributed by atoms with Gasteiger partial charge in [0.1, 0.15) is 17.8 Å². The molecule has 1 aromatic heterocycles. The maximum Gasteiger partial charge on any atom is 0.317 e. The molecule has 1 heterocycles. The molecule has 42 heavy (non-hydrogen) atoms. The van der Waals surface area contributed by atoms with Crippen LogP contribution in [0.5, 0.6) is 17.2 Å². The first-order chi connectivity index (χ1) is 20.4. The van der Waals surface area contributed by atoms with Gasteiger partial charge in [-0.3, -0.25) is 9.63 Å². The monoisotopic (exact) mass is 616 g/mol. The van der Waals surface area contributed by atoms with E-state index < -0.39 is 5.91 Å². The second kappa shape index (κ2) is 16.1. The van der Waals surface area contributed by atoms with Crippen LogP contribution in [0.15, 0.2) is 73.1 Å². The fourth-order valence-corrected chi connectivity index (χ4v) is 4.06. The Morgan fingerprint density at radius 3 is 2.17 bits per heavy atom. The second-order valence-electron chi connectivity index (χ2n) is 8.72. The van der Waals surface area contributed by atoms with Gasteiger partial charge in [0, 0.05) is 7.11 Å². The highest BCUT2D eigenvalue weighted by Gasteiger charge is 2.22. The van der Waals surface area contributed by atoms with E-state index in [-0.39, 0.29) is 41.4 Å². The van der Waals surface area contributed by atoms with Crippen molar-refractivity contribution in [3.05, 3.63) is 94.5 Å². The summed E-state index contributed by atoms with van der Waals surface area (Å²) in [7, 11) is 1.61. The van der Waals surface area contributed by atoms with E-state index in [0.717, 1.165) is 5.56 Å². The molecule has 4 rings (SSSR count). The maximum atomic E-state index is 13.4. The number of para-hydroxylation sites is 1. The third-order valence-electron chi connectivity index (χ3n) is 5.68. The topological polar surface area (TPSA) is 117 Å². The number of hydrogen-bond acceptors (Lipinski definition) is 9. The van der Waals surface area contributed by atoms with Crippen molar-refractivity contribution in [1.82, 2.24) is 19.8 Å². The van der Waals surface area contributed by atoms with Gasteiger partial charge in [-0.2, -0.15) is 0 Å². The number of benzene rings is 3. The zero-order valence-electron chi connectivity index (χ0n) is 22.8. The first-order valence-corrected chi connectivity index (χ1v) is 13.7. The number of amides is 1. The highest BCUT2D eigenvalue weighted by molar-refractivity contribution is 6.37. The summed E-state index contributed by atoms with van der Waals surface area (Å²) >= 11 is 12.1. The zero-order valence-corrected chi connectivity index (χ0v) is 24.3. The third-order valence-corrected chi connectivity index (χ3v) is 6.26. The van der Waals surface area contributed by atoms with Gasteiger partial charge in [0.05, 0.1) is 61.9 Å². The molecule has 3 aromatic carbocycles. The lowest BCUT2D eigenvalue weighted by atomic mass is 10.2. The van der Waals surface area contributed by atoms with Crippen molar-refractivity contribution >= 4 is 29.1 Å². The minimum Gasteiger partial charge on any atom is -0.505 e. The van der Waals surface area contributed by atoms with Gasteiger partial charge in [-0.15, -0.1) is 5.10 Å². The Morgan fingerprint density at radius 2 is 1.50 bits per heavy atom. The van der Waals surface area contributed by atoms with E-state index in [1.54, 1.807) is 7.11 Å². The van der Waals surface area contributed by atoms with Crippen molar-refractivity contribution in [2.75, 3.05) is 46.8 Å². The van der Waals surface area contributed by atoms with Crippen molar-refractivity contribution in [2.45, 2.75) is 6.54 Å². The molecule has 0 aliphatic carbocycles. The highest BCUT2D eigenvalue weighted by Crippen LogP contribution is 2.33. The van der Waals surface area contributed by atoms with Crippen LogP contribution in [-0.2, 0) is 25.6 Å². The minimum atomic E-state index is -0.572. The molecule has 222 valence electrons. The normalized spacial score (nSPS) is 11.0. The SMILES string of the molecule is COCCOCCOCCON(Cc1ccc(Oc2ccccc2)cc1)C(=O)c1ncn(-c2cc(Cl)c(O)c(Cl)c2)n1. The van der Waals surface area contributed by atoms with Crippen LogP contribution in [0.25, 0.3) is 5.69 Å². The standard InChI is InChI=1S/C29H30Cl2N4O7/c1-38-11-12-39-13-14-40-15-16-41-35(19-21-7-9-24(10-8-21)42-23-5-3-2-4-6-23)29(37)28-32-20-34(33-28)22-17-25(30)27(36)26(31)18-22/h2-10,17-18,20,36H,11-16,19H2,1H3. The summed E-state index contributed by atoms with van der Waals surface area (Å²) in [5.74, 6) is 0.426. The molecule has 1 amide bonds. The Labute approximate surface area is 253 Å². The van der Waals surface area contributed by atoms with Crippen LogP contribution in [-0.4, -0.2) is 77.6 Å². The number of rotatable bonds is 16. The summed E-state index contributed by atoms with van der Waals surface area (Å²) in [6, 6.07) is 19.6. The fourth-order valence-electron chi connectivity index (χ4n) is 3.58. The number of ether oxygens (including phenoxy) is 4. The summed E-state index contributed by atoms with van der Waals surface area (Å²) < 4.78 is 23.0. The van der Waals surface area contributed by atoms with Crippen LogP contribution in [0.4, 0.5) is 0 Å². The third kappa shape index (κ3) is 9.15. The van der Waals surface area contributed by atoms with Crippen LogP contribution in [0.2, 0.25) is 10.0 Å². The molecule has 0 bridgehead atoms. The molecule has 11 nitrogen and oxygen atoms in total. The molecule has 0 radical (unpaired) electrons. The van der Waals surface area contributed by atoms with Crippen LogP contribution in [0, 0.1) is 0 Å². The van der Waals surface area contributed by atoms with Gasteiger partial charge in [0.15, 0.2) is 5.75 Å². The molecule has 0 fully saturated rings. The maximum absolute atomic E-state index is 13.4. The Hall–Kier alpha value is -3.71. The van der Waals surface area contributed by atoms with Crippen molar-refractivity contribution in [3.8, 4) is 22.9 Å². The number of nitrogens with zero attached hydrogens (tertiary/aromatic N) is 4. The number of aromatic nitrogens is 3. The van der Waals surface area contributed by atoms with E-state index in [1.165, 1.54) is 28.2 Å². The smallest absolute Gasteiger partial charge is 0.317 e. The van der Waals surface area contributed by atoms with Crippen LogP contribution in [0.3, 0.4) is 0 Å². The van der Waals surface area contributed by atoms with Crippen LogP contribution >= 0.6 is 23.2 Å². The predicted molar refractivity (Wildman–Crippen MR) is 155 cm³/mol. The first-order valence-electron chi connectivity index (χ1n) is 13.0. The highest BCUT2D eigenvalue weighted by atomic mass is 35.5. The van der Waals surface area contributed by atoms with Crippen molar-refractivity contribution in [2.24, 2.45) is 0 Å². The van der Waals surface area contributed by atoms with Crippen molar-refractivity contribution in [3.63, 3.8) is 0 Å². The lowest BCUT2D eigenvalue weighted by Crippen LogP contribution is -2.33. The van der Waals surface area contributed by atoms with Gasteiger partial charge >= 0.3 is 5.91 Å². The summed E-state index contributed by atoms with van der Waals surface area (Å²) in [5, 5.41) is 15.4. The number of hydrogen-bond donors (Lipinski definition) is 1. The van der Waals surface area contributed by atoms with Crippen LogP contribution in [0.1, 0.15) is 16.2 Å². The number of methoxy groups -OCH3 is 1. The Kier molecular flexibility index (Phi) is 11.9. The summed E-state index contributed by atoms with van der Waals surface area (Å²) in [6.45, 7) is 2.21. The summed E-state index contributed by atoms with van der Waals surface area (Å²) in [6.07, 6.45) is 1.34. The molecule has 4 aromatic rings. The zero-order chi connectivity index (χ0) is 29.7. The molecule has 0 aliphatic rings.